The highest BCUT2D eigenvalue weighted by Gasteiger charge is 1.94. The van der Waals surface area contributed by atoms with Gasteiger partial charge in [-0.3, -0.25) is 0 Å². The molecule has 0 bridgehead atoms. The molecule has 0 rings (SSSR count). The first kappa shape index (κ1) is 9.65. The first-order valence-corrected chi connectivity index (χ1v) is 4.18. The van der Waals surface area contributed by atoms with Crippen molar-refractivity contribution in [2.45, 2.75) is 6.92 Å². The lowest BCUT2D eigenvalue weighted by Gasteiger charge is -2.15. The molecule has 0 aromatic rings. The molecule has 0 saturated carbocycles. The maximum Gasteiger partial charge on any atom is 0.0206 e. The molecule has 0 radical (unpaired) electrons. The van der Waals surface area contributed by atoms with Crippen LogP contribution < -0.4 is 0 Å². The Morgan fingerprint density at radius 2 is 1.78 bits per heavy atom. The van der Waals surface area contributed by atoms with Gasteiger partial charge in [-0.2, -0.15) is 0 Å². The molecule has 0 aliphatic rings. The van der Waals surface area contributed by atoms with E-state index in [9.17, 15) is 0 Å². The predicted molar refractivity (Wildman–Crippen MR) is 49.8 cm³/mol. The number of hydrogen-bond donors (Lipinski definition) is 0. The maximum atomic E-state index is 2.30. The van der Waals surface area contributed by atoms with Crippen molar-refractivity contribution in [2.75, 3.05) is 33.7 Å². The van der Waals surface area contributed by atoms with Gasteiger partial charge in [-0.1, -0.05) is 6.92 Å². The van der Waals surface area contributed by atoms with E-state index >= 15 is 0 Å². The highest BCUT2D eigenvalue weighted by Crippen LogP contribution is 1.91. The van der Waals surface area contributed by atoms with E-state index in [1.54, 1.807) is 0 Å². The van der Waals surface area contributed by atoms with Crippen molar-refractivity contribution in [3.63, 3.8) is 0 Å². The van der Waals surface area contributed by atoms with Gasteiger partial charge in [0.1, 0.15) is 0 Å². The third kappa shape index (κ3) is 6.54. The van der Waals surface area contributed by atoms with Crippen LogP contribution in [0.4, 0.5) is 0 Å². The van der Waals surface area contributed by atoms with Crippen molar-refractivity contribution in [1.29, 1.82) is 0 Å². The summed E-state index contributed by atoms with van der Waals surface area (Å²) < 4.78 is 2.17. The lowest BCUT2D eigenvalue weighted by Crippen LogP contribution is -2.25. The average Bonchev–Trinajstić information content (AvgIpc) is 1.83. The zero-order valence-electron chi connectivity index (χ0n) is 6.39. The first-order valence-electron chi connectivity index (χ1n) is 3.22. The summed E-state index contributed by atoms with van der Waals surface area (Å²) in [6.45, 7) is 5.62. The Hall–Kier alpha value is 0.650. The van der Waals surface area contributed by atoms with Gasteiger partial charge >= 0.3 is 0 Å². The Labute approximate surface area is 71.7 Å². The summed E-state index contributed by atoms with van der Waals surface area (Å²) in [7, 11) is 4.23. The monoisotopic (exact) mass is 242 g/mol. The summed E-state index contributed by atoms with van der Waals surface area (Å²) in [5, 5.41) is 0. The second-order valence-corrected chi connectivity index (χ2v) is 3.87. The highest BCUT2D eigenvalue weighted by atomic mass is 127. The van der Waals surface area contributed by atoms with E-state index in [1.807, 2.05) is 0 Å². The van der Waals surface area contributed by atoms with Crippen LogP contribution in [0.5, 0.6) is 0 Å². The molecule has 0 heterocycles. The minimum atomic E-state index is 1.14. The van der Waals surface area contributed by atoms with E-state index in [0.29, 0.717) is 0 Å². The van der Waals surface area contributed by atoms with E-state index < -0.39 is 0 Å². The number of nitrogens with zero attached hydrogens (tertiary/aromatic N) is 2. The third-order valence-electron chi connectivity index (χ3n) is 1.33. The van der Waals surface area contributed by atoms with Crippen LogP contribution in [0.25, 0.3) is 0 Å². The van der Waals surface area contributed by atoms with Gasteiger partial charge < -0.3 is 4.90 Å². The van der Waals surface area contributed by atoms with Crippen molar-refractivity contribution in [1.82, 2.24) is 8.01 Å². The second-order valence-electron chi connectivity index (χ2n) is 2.22. The van der Waals surface area contributed by atoms with E-state index in [0.717, 1.165) is 19.6 Å². The lowest BCUT2D eigenvalue weighted by atomic mass is 10.5. The van der Waals surface area contributed by atoms with E-state index in [1.165, 1.54) is 0 Å². The fourth-order valence-corrected chi connectivity index (χ4v) is 0.682. The molecule has 56 valence electrons. The van der Waals surface area contributed by atoms with Crippen LogP contribution in [0.15, 0.2) is 0 Å². The topological polar surface area (TPSA) is 6.48 Å². The number of halogens is 1. The fourth-order valence-electron chi connectivity index (χ4n) is 0.467. The van der Waals surface area contributed by atoms with Crippen molar-refractivity contribution in [3.8, 4) is 0 Å². The summed E-state index contributed by atoms with van der Waals surface area (Å²) >= 11 is 2.30. The van der Waals surface area contributed by atoms with Gasteiger partial charge in [0, 0.05) is 36.0 Å². The van der Waals surface area contributed by atoms with Gasteiger partial charge in [0.15, 0.2) is 0 Å². The molecule has 0 aromatic heterocycles. The minimum Gasteiger partial charge on any atom is -0.305 e. The maximum absolute atomic E-state index is 2.30. The first-order chi connectivity index (χ1) is 4.16. The largest absolute Gasteiger partial charge is 0.305 e. The summed E-state index contributed by atoms with van der Waals surface area (Å²) in [6, 6.07) is 0. The molecule has 3 heteroatoms. The normalized spacial score (nSPS) is 11.3. The van der Waals surface area contributed by atoms with Gasteiger partial charge in [-0.05, 0) is 20.6 Å². The van der Waals surface area contributed by atoms with E-state index in [-0.39, 0.29) is 0 Å². The van der Waals surface area contributed by atoms with Crippen LogP contribution in [-0.2, 0) is 0 Å². The Bertz CT molecular complexity index is 66.1. The van der Waals surface area contributed by atoms with Gasteiger partial charge in [0.25, 0.3) is 0 Å². The van der Waals surface area contributed by atoms with Gasteiger partial charge in [-0.25, -0.2) is 3.11 Å². The zero-order chi connectivity index (χ0) is 7.28. The summed E-state index contributed by atoms with van der Waals surface area (Å²) in [5.41, 5.74) is 0. The minimum absolute atomic E-state index is 1.14. The van der Waals surface area contributed by atoms with E-state index in [4.69, 9.17) is 0 Å². The Morgan fingerprint density at radius 3 is 2.11 bits per heavy atom. The standard InChI is InChI=1S/C6H15IN2/c1-4-8(2)5-6-9(3)7/h4-6H2,1-3H3. The van der Waals surface area contributed by atoms with Crippen LogP contribution in [0.2, 0.25) is 0 Å². The predicted octanol–water partition coefficient (Wildman–Crippen LogP) is 1.22. The van der Waals surface area contributed by atoms with Crippen LogP contribution in [0.1, 0.15) is 6.92 Å². The van der Waals surface area contributed by atoms with Crippen LogP contribution in [0, 0.1) is 0 Å². The number of rotatable bonds is 4. The molecule has 0 aliphatic heterocycles. The quantitative estimate of drug-likeness (QED) is 0.540. The lowest BCUT2D eigenvalue weighted by molar-refractivity contribution is 0.335. The average molecular weight is 242 g/mol. The molecule has 0 fully saturated rings. The van der Waals surface area contributed by atoms with Crippen molar-refractivity contribution >= 4 is 22.9 Å². The Kier molecular flexibility index (Phi) is 5.83. The van der Waals surface area contributed by atoms with Crippen molar-refractivity contribution in [2.24, 2.45) is 0 Å². The molecule has 0 spiro atoms. The Morgan fingerprint density at radius 1 is 1.22 bits per heavy atom. The third-order valence-corrected chi connectivity index (χ3v) is 1.81. The number of hydrogen-bond acceptors (Lipinski definition) is 2. The molecule has 2 nitrogen and oxygen atoms in total. The molecule has 9 heavy (non-hydrogen) atoms. The molecule has 0 N–H and O–H groups in total. The van der Waals surface area contributed by atoms with Gasteiger partial charge in [0.05, 0.1) is 0 Å². The molecule has 0 aliphatic carbocycles. The zero-order valence-corrected chi connectivity index (χ0v) is 8.55. The summed E-state index contributed by atoms with van der Waals surface area (Å²) in [6.07, 6.45) is 0. The Balaban J connectivity index is 3.06. The molecule has 0 aromatic carbocycles. The molecule has 0 saturated heterocycles. The molecule has 0 atom stereocenters. The van der Waals surface area contributed by atoms with Crippen LogP contribution in [0.3, 0.4) is 0 Å². The van der Waals surface area contributed by atoms with Crippen LogP contribution in [-0.4, -0.2) is 41.7 Å². The van der Waals surface area contributed by atoms with Gasteiger partial charge in [0.2, 0.25) is 0 Å². The molecular formula is C6H15IN2. The van der Waals surface area contributed by atoms with Crippen LogP contribution >= 0.6 is 22.9 Å². The number of likely N-dealkylation sites (N-methyl/N-ethyl adjacent to an activating group) is 2. The molecule has 0 amide bonds. The summed E-state index contributed by atoms with van der Waals surface area (Å²) in [5.74, 6) is 0. The van der Waals surface area contributed by atoms with E-state index in [2.05, 4.69) is 51.9 Å². The SMILES string of the molecule is CCN(C)CCN(C)I. The fraction of sp³-hybridized carbons (Fsp3) is 1.00. The highest BCUT2D eigenvalue weighted by molar-refractivity contribution is 14.1. The van der Waals surface area contributed by atoms with Crippen molar-refractivity contribution in [3.05, 3.63) is 0 Å². The van der Waals surface area contributed by atoms with Crippen molar-refractivity contribution < 1.29 is 0 Å². The molecule has 0 unspecified atom stereocenters. The summed E-state index contributed by atoms with van der Waals surface area (Å²) in [4.78, 5) is 2.30. The second kappa shape index (κ2) is 5.44. The molecular weight excluding hydrogens is 227 g/mol. The van der Waals surface area contributed by atoms with Gasteiger partial charge in [-0.15, -0.1) is 0 Å². The smallest absolute Gasteiger partial charge is 0.0206 e.